The number of rotatable bonds is 7. The van der Waals surface area contributed by atoms with Crippen LogP contribution in [-0.4, -0.2) is 35.4 Å². The number of nitrogens with one attached hydrogen (secondary N) is 1. The predicted octanol–water partition coefficient (Wildman–Crippen LogP) is 1.43. The van der Waals surface area contributed by atoms with E-state index in [1.54, 1.807) is 12.4 Å². The summed E-state index contributed by atoms with van der Waals surface area (Å²) < 4.78 is 0. The van der Waals surface area contributed by atoms with Crippen LogP contribution in [0.3, 0.4) is 0 Å². The normalized spacial score (nSPS) is 10.2. The Kier molecular flexibility index (Phi) is 6.25. The Morgan fingerprint density at radius 1 is 1.29 bits per heavy atom. The first kappa shape index (κ1) is 13.6. The zero-order chi connectivity index (χ0) is 12.5. The molecule has 4 nitrogen and oxygen atoms in total. The van der Waals surface area contributed by atoms with Crippen molar-refractivity contribution in [3.05, 3.63) is 30.1 Å². The van der Waals surface area contributed by atoms with Crippen molar-refractivity contribution in [1.82, 2.24) is 15.2 Å². The third-order valence-electron chi connectivity index (χ3n) is 2.71. The topological polar surface area (TPSA) is 45.2 Å². The Bertz CT molecular complexity index is 323. The van der Waals surface area contributed by atoms with Crippen LogP contribution in [0.25, 0.3) is 0 Å². The molecule has 0 saturated heterocycles. The van der Waals surface area contributed by atoms with Gasteiger partial charge in [-0.25, -0.2) is 0 Å². The van der Waals surface area contributed by atoms with Crippen LogP contribution in [0.2, 0.25) is 0 Å². The fraction of sp³-hybridized carbons (Fsp3) is 0.538. The number of hydrogen-bond acceptors (Lipinski definition) is 3. The first-order chi connectivity index (χ1) is 8.27. The summed E-state index contributed by atoms with van der Waals surface area (Å²) >= 11 is 0. The van der Waals surface area contributed by atoms with Crippen LogP contribution in [0, 0.1) is 0 Å². The largest absolute Gasteiger partial charge is 0.343 e. The average molecular weight is 235 g/mol. The number of hydrogen-bond donors (Lipinski definition) is 1. The molecule has 0 saturated carbocycles. The molecule has 0 fully saturated rings. The van der Waals surface area contributed by atoms with Gasteiger partial charge in [-0.1, -0.05) is 0 Å². The summed E-state index contributed by atoms with van der Waals surface area (Å²) in [5.41, 5.74) is 1.19. The van der Waals surface area contributed by atoms with Crippen molar-refractivity contribution in [1.29, 1.82) is 0 Å². The van der Waals surface area contributed by atoms with E-state index < -0.39 is 0 Å². The van der Waals surface area contributed by atoms with Gasteiger partial charge in [0.05, 0.1) is 0 Å². The minimum Gasteiger partial charge on any atom is -0.343 e. The van der Waals surface area contributed by atoms with Crippen LogP contribution in [0.5, 0.6) is 0 Å². The quantitative estimate of drug-likeness (QED) is 0.727. The SMILES string of the molecule is CCN(CC)C(=O)CCNCc1ccncc1. The number of carbonyl (C=O) groups excluding carboxylic acids is 1. The summed E-state index contributed by atoms with van der Waals surface area (Å²) in [7, 11) is 0. The van der Waals surface area contributed by atoms with E-state index in [2.05, 4.69) is 10.3 Å². The van der Waals surface area contributed by atoms with Gasteiger partial charge in [0.1, 0.15) is 0 Å². The van der Waals surface area contributed by atoms with Crippen molar-refractivity contribution < 1.29 is 4.79 Å². The molecule has 0 aromatic carbocycles. The molecule has 0 bridgehead atoms. The van der Waals surface area contributed by atoms with Crippen molar-refractivity contribution in [3.63, 3.8) is 0 Å². The lowest BCUT2D eigenvalue weighted by Crippen LogP contribution is -2.32. The summed E-state index contributed by atoms with van der Waals surface area (Å²) in [4.78, 5) is 17.5. The van der Waals surface area contributed by atoms with Gasteiger partial charge >= 0.3 is 0 Å². The minimum atomic E-state index is 0.220. The molecule has 1 N–H and O–H groups in total. The maximum atomic E-state index is 11.7. The first-order valence-corrected chi connectivity index (χ1v) is 6.15. The zero-order valence-electron chi connectivity index (χ0n) is 10.6. The molecule has 1 amide bonds. The van der Waals surface area contributed by atoms with E-state index in [1.807, 2.05) is 30.9 Å². The van der Waals surface area contributed by atoms with Crippen LogP contribution in [0.1, 0.15) is 25.8 Å². The highest BCUT2D eigenvalue weighted by molar-refractivity contribution is 5.76. The number of aromatic nitrogens is 1. The zero-order valence-corrected chi connectivity index (χ0v) is 10.6. The second-order valence-electron chi connectivity index (χ2n) is 3.85. The number of pyridine rings is 1. The molecule has 94 valence electrons. The molecule has 1 rings (SSSR count). The van der Waals surface area contributed by atoms with Crippen LogP contribution in [0.15, 0.2) is 24.5 Å². The van der Waals surface area contributed by atoms with Crippen LogP contribution in [-0.2, 0) is 11.3 Å². The molecule has 0 atom stereocenters. The van der Waals surface area contributed by atoms with Crippen molar-refractivity contribution in [2.24, 2.45) is 0 Å². The lowest BCUT2D eigenvalue weighted by Gasteiger charge is -2.18. The Morgan fingerprint density at radius 3 is 2.53 bits per heavy atom. The predicted molar refractivity (Wildman–Crippen MR) is 68.5 cm³/mol. The molecule has 0 radical (unpaired) electrons. The molecule has 1 heterocycles. The smallest absolute Gasteiger partial charge is 0.223 e. The number of amides is 1. The van der Waals surface area contributed by atoms with Gasteiger partial charge in [0.2, 0.25) is 5.91 Å². The summed E-state index contributed by atoms with van der Waals surface area (Å²) in [6.45, 7) is 7.10. The average Bonchev–Trinajstić information content (AvgIpc) is 2.37. The van der Waals surface area contributed by atoms with Gasteiger partial charge < -0.3 is 10.2 Å². The second-order valence-corrected chi connectivity index (χ2v) is 3.85. The molecule has 0 unspecified atom stereocenters. The first-order valence-electron chi connectivity index (χ1n) is 6.15. The van der Waals surface area contributed by atoms with Gasteiger partial charge in [-0.3, -0.25) is 9.78 Å². The van der Waals surface area contributed by atoms with E-state index >= 15 is 0 Å². The second kappa shape index (κ2) is 7.79. The molecule has 0 aliphatic rings. The van der Waals surface area contributed by atoms with Gasteiger partial charge in [0.15, 0.2) is 0 Å². The Labute approximate surface area is 103 Å². The molecule has 4 heteroatoms. The highest BCUT2D eigenvalue weighted by Gasteiger charge is 2.07. The van der Waals surface area contributed by atoms with Gasteiger partial charge in [-0.15, -0.1) is 0 Å². The third kappa shape index (κ3) is 4.95. The maximum Gasteiger partial charge on any atom is 0.223 e. The van der Waals surface area contributed by atoms with Gasteiger partial charge in [0.25, 0.3) is 0 Å². The summed E-state index contributed by atoms with van der Waals surface area (Å²) in [6, 6.07) is 3.94. The monoisotopic (exact) mass is 235 g/mol. The van der Waals surface area contributed by atoms with Gasteiger partial charge in [-0.2, -0.15) is 0 Å². The molecular formula is C13H21N3O. The third-order valence-corrected chi connectivity index (χ3v) is 2.71. The molecule has 0 spiro atoms. The molecule has 17 heavy (non-hydrogen) atoms. The lowest BCUT2D eigenvalue weighted by atomic mass is 10.2. The van der Waals surface area contributed by atoms with Crippen LogP contribution in [0.4, 0.5) is 0 Å². The highest BCUT2D eigenvalue weighted by Crippen LogP contribution is 1.96. The fourth-order valence-corrected chi connectivity index (χ4v) is 1.66. The number of nitrogens with zero attached hydrogens (tertiary/aromatic N) is 2. The van der Waals surface area contributed by atoms with E-state index in [9.17, 15) is 4.79 Å². The van der Waals surface area contributed by atoms with E-state index in [-0.39, 0.29) is 5.91 Å². The summed E-state index contributed by atoms with van der Waals surface area (Å²) in [5.74, 6) is 0.220. The van der Waals surface area contributed by atoms with E-state index in [1.165, 1.54) is 5.56 Å². The fourth-order valence-electron chi connectivity index (χ4n) is 1.66. The van der Waals surface area contributed by atoms with E-state index in [0.717, 1.165) is 26.2 Å². The van der Waals surface area contributed by atoms with Crippen LogP contribution < -0.4 is 5.32 Å². The van der Waals surface area contributed by atoms with Crippen molar-refractivity contribution in [3.8, 4) is 0 Å². The Hall–Kier alpha value is -1.42. The maximum absolute atomic E-state index is 11.7. The standard InChI is InChI=1S/C13H21N3O/c1-3-16(4-2)13(17)7-10-15-11-12-5-8-14-9-6-12/h5-6,8-9,15H,3-4,7,10-11H2,1-2H3. The molecular weight excluding hydrogens is 214 g/mol. The molecule has 1 aromatic rings. The van der Waals surface area contributed by atoms with Gasteiger partial charge in [-0.05, 0) is 31.5 Å². The van der Waals surface area contributed by atoms with E-state index in [0.29, 0.717) is 6.42 Å². The van der Waals surface area contributed by atoms with E-state index in [4.69, 9.17) is 0 Å². The van der Waals surface area contributed by atoms with Crippen molar-refractivity contribution in [2.75, 3.05) is 19.6 Å². The van der Waals surface area contributed by atoms with Crippen molar-refractivity contribution in [2.45, 2.75) is 26.8 Å². The molecule has 1 aromatic heterocycles. The molecule has 0 aliphatic heterocycles. The Balaban J connectivity index is 2.18. The summed E-state index contributed by atoms with van der Waals surface area (Å²) in [5, 5.41) is 3.26. The van der Waals surface area contributed by atoms with Crippen LogP contribution >= 0.6 is 0 Å². The number of carbonyl (C=O) groups is 1. The lowest BCUT2D eigenvalue weighted by molar-refractivity contribution is -0.130. The molecule has 0 aliphatic carbocycles. The highest BCUT2D eigenvalue weighted by atomic mass is 16.2. The Morgan fingerprint density at radius 2 is 1.94 bits per heavy atom. The van der Waals surface area contributed by atoms with Crippen molar-refractivity contribution >= 4 is 5.91 Å². The summed E-state index contributed by atoms with van der Waals surface area (Å²) in [6.07, 6.45) is 4.11. The van der Waals surface area contributed by atoms with Gasteiger partial charge in [0, 0.05) is 45.0 Å². The minimum absolute atomic E-state index is 0.220.